The van der Waals surface area contributed by atoms with E-state index in [-0.39, 0.29) is 0 Å². The molecule has 0 amide bonds. The second kappa shape index (κ2) is 16.4. The van der Waals surface area contributed by atoms with E-state index in [2.05, 4.69) is 197 Å². The number of hydrogen-bond acceptors (Lipinski definition) is 3. The van der Waals surface area contributed by atoms with Gasteiger partial charge in [0.15, 0.2) is 17.5 Å². The van der Waals surface area contributed by atoms with Crippen LogP contribution in [0.1, 0.15) is 0 Å². The molecule has 10 aromatic carbocycles. The number of benzene rings is 10. The number of nitrogens with zero attached hydrogens (tertiary/aromatic N) is 5. The van der Waals surface area contributed by atoms with Crippen LogP contribution in [0.2, 0.25) is 0 Å². The van der Waals surface area contributed by atoms with Gasteiger partial charge in [0.2, 0.25) is 0 Å². The number of aromatic nitrogens is 5. The second-order valence-electron chi connectivity index (χ2n) is 17.2. The van der Waals surface area contributed by atoms with Crippen LogP contribution in [0.4, 0.5) is 0 Å². The van der Waals surface area contributed by atoms with Gasteiger partial charge < -0.3 is 9.13 Å². The molecule has 0 saturated heterocycles. The SMILES string of the molecule is c1ccc(-c2ccc(-c3ccc(-n4c5ccccc5c5cc(-c6ccc7c(c6)c6ccccc6n7-c6cccc(-c7nc(-c8ccccc8)nc(-c8ccccc8)n7)c6)ccc54)cc3)cc2)cc1. The molecule has 0 aliphatic rings. The molecular formula is C63H41N5. The van der Waals surface area contributed by atoms with Crippen molar-refractivity contribution in [1.29, 1.82) is 0 Å². The van der Waals surface area contributed by atoms with E-state index in [1.807, 2.05) is 60.7 Å². The molecule has 0 saturated carbocycles. The van der Waals surface area contributed by atoms with Crippen LogP contribution < -0.4 is 0 Å². The number of para-hydroxylation sites is 2. The lowest BCUT2D eigenvalue weighted by atomic mass is 10.00. The third-order valence-electron chi connectivity index (χ3n) is 13.2. The third-order valence-corrected chi connectivity index (χ3v) is 13.2. The van der Waals surface area contributed by atoms with Crippen LogP contribution in [0, 0.1) is 0 Å². The Labute approximate surface area is 393 Å². The molecule has 3 heterocycles. The summed E-state index contributed by atoms with van der Waals surface area (Å²) in [6, 6.07) is 88.4. The first-order chi connectivity index (χ1) is 33.7. The molecule has 0 radical (unpaired) electrons. The average Bonchev–Trinajstić information content (AvgIpc) is 3.94. The van der Waals surface area contributed by atoms with Crippen molar-refractivity contribution in [1.82, 2.24) is 24.1 Å². The van der Waals surface area contributed by atoms with E-state index in [1.165, 1.54) is 66.0 Å². The molecule has 0 aliphatic heterocycles. The topological polar surface area (TPSA) is 48.5 Å². The van der Waals surface area contributed by atoms with Gasteiger partial charge in [0.25, 0.3) is 0 Å². The Morgan fingerprint density at radius 1 is 0.206 bits per heavy atom. The summed E-state index contributed by atoms with van der Waals surface area (Å²) in [5.74, 6) is 1.91. The van der Waals surface area contributed by atoms with Crippen molar-refractivity contribution in [2.75, 3.05) is 0 Å². The first kappa shape index (κ1) is 39.2. The predicted molar refractivity (Wildman–Crippen MR) is 281 cm³/mol. The quantitative estimate of drug-likeness (QED) is 0.153. The summed E-state index contributed by atoms with van der Waals surface area (Å²) in [4.78, 5) is 15.0. The molecule has 3 aromatic heterocycles. The van der Waals surface area contributed by atoms with Gasteiger partial charge in [-0.15, -0.1) is 0 Å². The number of fused-ring (bicyclic) bond motifs is 6. The van der Waals surface area contributed by atoms with E-state index in [1.54, 1.807) is 0 Å². The van der Waals surface area contributed by atoms with Gasteiger partial charge in [-0.25, -0.2) is 15.0 Å². The normalized spacial score (nSPS) is 11.5. The Morgan fingerprint density at radius 2 is 0.559 bits per heavy atom. The van der Waals surface area contributed by atoms with Crippen molar-refractivity contribution in [3.63, 3.8) is 0 Å². The fourth-order valence-corrected chi connectivity index (χ4v) is 9.87. The monoisotopic (exact) mass is 867 g/mol. The first-order valence-corrected chi connectivity index (χ1v) is 23.0. The highest BCUT2D eigenvalue weighted by atomic mass is 15.0. The molecule has 318 valence electrons. The van der Waals surface area contributed by atoms with Crippen LogP contribution in [-0.4, -0.2) is 24.1 Å². The van der Waals surface area contributed by atoms with Gasteiger partial charge in [-0.1, -0.05) is 188 Å². The van der Waals surface area contributed by atoms with Crippen molar-refractivity contribution in [3.8, 4) is 78.9 Å². The van der Waals surface area contributed by atoms with Crippen molar-refractivity contribution in [2.45, 2.75) is 0 Å². The minimum atomic E-state index is 0.626. The maximum atomic E-state index is 5.04. The maximum absolute atomic E-state index is 5.04. The molecule has 5 nitrogen and oxygen atoms in total. The van der Waals surface area contributed by atoms with Gasteiger partial charge in [0, 0.05) is 49.6 Å². The molecule has 0 atom stereocenters. The van der Waals surface area contributed by atoms with E-state index < -0.39 is 0 Å². The van der Waals surface area contributed by atoms with Crippen molar-refractivity contribution < 1.29 is 0 Å². The standard InChI is InChI=1S/C63H41N5/c1-4-15-42(16-5-1)43-27-29-44(30-28-43)45-31-35-51(36-32-45)67-57-25-12-10-23-53(57)55-40-48(33-37-59(55)67)49-34-38-60-56(41-49)54-24-11-13-26-58(54)68(60)52-22-14-21-50(39-52)63-65-61(46-17-6-2-7-18-46)64-62(66-63)47-19-8-3-9-20-47/h1-41H. The fourth-order valence-electron chi connectivity index (χ4n) is 9.87. The van der Waals surface area contributed by atoms with Crippen molar-refractivity contribution in [2.24, 2.45) is 0 Å². The van der Waals surface area contributed by atoms with Crippen molar-refractivity contribution in [3.05, 3.63) is 249 Å². The van der Waals surface area contributed by atoms with E-state index in [0.29, 0.717) is 17.5 Å². The van der Waals surface area contributed by atoms with Crippen molar-refractivity contribution >= 4 is 43.6 Å². The highest BCUT2D eigenvalue weighted by Gasteiger charge is 2.18. The minimum Gasteiger partial charge on any atom is -0.309 e. The van der Waals surface area contributed by atoms with E-state index in [0.717, 1.165) is 39.1 Å². The zero-order valence-electron chi connectivity index (χ0n) is 36.9. The Balaban J connectivity index is 0.871. The van der Waals surface area contributed by atoms with Gasteiger partial charge in [-0.2, -0.15) is 0 Å². The molecule has 13 rings (SSSR count). The summed E-state index contributed by atoms with van der Waals surface area (Å²) in [6.45, 7) is 0. The van der Waals surface area contributed by atoms with Gasteiger partial charge in [-0.05, 0) is 94.0 Å². The van der Waals surface area contributed by atoms with Crippen LogP contribution in [0.5, 0.6) is 0 Å². The lowest BCUT2D eigenvalue weighted by Crippen LogP contribution is -2.01. The molecule has 5 heteroatoms. The molecule has 68 heavy (non-hydrogen) atoms. The highest BCUT2D eigenvalue weighted by Crippen LogP contribution is 2.39. The summed E-state index contributed by atoms with van der Waals surface area (Å²) < 4.78 is 4.75. The summed E-state index contributed by atoms with van der Waals surface area (Å²) in [7, 11) is 0. The smallest absolute Gasteiger partial charge is 0.164 e. The highest BCUT2D eigenvalue weighted by molar-refractivity contribution is 6.12. The lowest BCUT2D eigenvalue weighted by molar-refractivity contribution is 1.07. The molecule has 0 spiro atoms. The molecule has 0 bridgehead atoms. The molecule has 13 aromatic rings. The van der Waals surface area contributed by atoms with Crippen LogP contribution >= 0.6 is 0 Å². The minimum absolute atomic E-state index is 0.626. The number of rotatable bonds is 8. The van der Waals surface area contributed by atoms with Gasteiger partial charge in [0.05, 0.1) is 22.1 Å². The zero-order chi connectivity index (χ0) is 45.0. The van der Waals surface area contributed by atoms with Crippen LogP contribution in [0.3, 0.4) is 0 Å². The molecule has 0 aliphatic carbocycles. The maximum Gasteiger partial charge on any atom is 0.164 e. The lowest BCUT2D eigenvalue weighted by Gasteiger charge is -2.12. The Hall–Kier alpha value is -9.19. The summed E-state index contributed by atoms with van der Waals surface area (Å²) >= 11 is 0. The Bertz CT molecular complexity index is 3930. The predicted octanol–water partition coefficient (Wildman–Crippen LogP) is 16.1. The first-order valence-electron chi connectivity index (χ1n) is 23.0. The van der Waals surface area contributed by atoms with Crippen LogP contribution in [0.25, 0.3) is 123 Å². The Morgan fingerprint density at radius 3 is 1.06 bits per heavy atom. The van der Waals surface area contributed by atoms with Gasteiger partial charge in [0.1, 0.15) is 0 Å². The summed E-state index contributed by atoms with van der Waals surface area (Å²) in [6.07, 6.45) is 0. The molecular weight excluding hydrogens is 827 g/mol. The summed E-state index contributed by atoms with van der Waals surface area (Å²) in [5.41, 5.74) is 16.8. The molecule has 0 unspecified atom stereocenters. The average molecular weight is 868 g/mol. The van der Waals surface area contributed by atoms with E-state index >= 15 is 0 Å². The van der Waals surface area contributed by atoms with E-state index in [4.69, 9.17) is 15.0 Å². The van der Waals surface area contributed by atoms with Crippen LogP contribution in [0.15, 0.2) is 249 Å². The number of hydrogen-bond donors (Lipinski definition) is 0. The fraction of sp³-hybridized carbons (Fsp3) is 0. The van der Waals surface area contributed by atoms with Gasteiger partial charge >= 0.3 is 0 Å². The largest absolute Gasteiger partial charge is 0.309 e. The summed E-state index contributed by atoms with van der Waals surface area (Å²) in [5, 5.41) is 4.84. The Kier molecular flexibility index (Phi) is 9.43. The van der Waals surface area contributed by atoms with E-state index in [9.17, 15) is 0 Å². The zero-order valence-corrected chi connectivity index (χ0v) is 36.9. The third kappa shape index (κ3) is 6.84. The molecule has 0 N–H and O–H groups in total. The second-order valence-corrected chi connectivity index (χ2v) is 17.2. The van der Waals surface area contributed by atoms with Crippen LogP contribution in [-0.2, 0) is 0 Å². The molecule has 0 fully saturated rings. The van der Waals surface area contributed by atoms with Gasteiger partial charge in [-0.3, -0.25) is 0 Å².